The van der Waals surface area contributed by atoms with Crippen LogP contribution in [0.1, 0.15) is 35.2 Å². The highest BCUT2D eigenvalue weighted by atomic mass is 16.5. The molecule has 1 heterocycles. The summed E-state index contributed by atoms with van der Waals surface area (Å²) >= 11 is 0. The standard InChI is InChI=1S/C26H25NO3/c1-3-18-9-11-21(12-10-18)24-23(20-13-15-22(30-2)16-14-20)25(28)26(29)27(24)17-19-7-5-4-6-8-19/h4-16,24,28H,3,17H2,1-2H3. The van der Waals surface area contributed by atoms with Crippen LogP contribution in [0.4, 0.5) is 0 Å². The number of aliphatic hydroxyl groups excluding tert-OH is 1. The maximum atomic E-state index is 13.1. The summed E-state index contributed by atoms with van der Waals surface area (Å²) in [5.41, 5.74) is 4.66. The number of carbonyl (C=O) groups is 1. The molecule has 0 bridgehead atoms. The quantitative estimate of drug-likeness (QED) is 0.611. The Balaban J connectivity index is 1.79. The van der Waals surface area contributed by atoms with Gasteiger partial charge >= 0.3 is 0 Å². The predicted molar refractivity (Wildman–Crippen MR) is 118 cm³/mol. The van der Waals surface area contributed by atoms with E-state index in [4.69, 9.17) is 4.74 Å². The van der Waals surface area contributed by atoms with Crippen LogP contribution in [0, 0.1) is 0 Å². The SMILES string of the molecule is CCc1ccc(C2C(c3ccc(OC)cc3)=C(O)C(=O)N2Cc2ccccc2)cc1. The van der Waals surface area contributed by atoms with Crippen molar-refractivity contribution in [3.8, 4) is 5.75 Å². The van der Waals surface area contributed by atoms with Crippen molar-refractivity contribution in [3.05, 3.63) is 107 Å². The molecule has 1 amide bonds. The molecule has 30 heavy (non-hydrogen) atoms. The first kappa shape index (κ1) is 19.8. The van der Waals surface area contributed by atoms with Crippen LogP contribution in [-0.2, 0) is 17.8 Å². The summed E-state index contributed by atoms with van der Waals surface area (Å²) in [6.45, 7) is 2.54. The van der Waals surface area contributed by atoms with Gasteiger partial charge in [0.2, 0.25) is 0 Å². The molecule has 0 radical (unpaired) electrons. The average molecular weight is 399 g/mol. The molecule has 1 N–H and O–H groups in total. The van der Waals surface area contributed by atoms with Crippen molar-refractivity contribution in [3.63, 3.8) is 0 Å². The lowest BCUT2D eigenvalue weighted by molar-refractivity contribution is -0.130. The van der Waals surface area contributed by atoms with E-state index in [1.807, 2.05) is 54.6 Å². The number of rotatable bonds is 6. The molecule has 4 heteroatoms. The van der Waals surface area contributed by atoms with Crippen molar-refractivity contribution in [1.82, 2.24) is 4.90 Å². The minimum Gasteiger partial charge on any atom is -0.503 e. The second-order valence-electron chi connectivity index (χ2n) is 7.41. The topological polar surface area (TPSA) is 49.8 Å². The molecule has 0 spiro atoms. The summed E-state index contributed by atoms with van der Waals surface area (Å²) in [6.07, 6.45) is 0.948. The summed E-state index contributed by atoms with van der Waals surface area (Å²) in [4.78, 5) is 14.9. The summed E-state index contributed by atoms with van der Waals surface area (Å²) in [7, 11) is 1.62. The van der Waals surface area contributed by atoms with E-state index in [2.05, 4.69) is 31.2 Å². The number of benzene rings is 3. The molecule has 1 unspecified atom stereocenters. The van der Waals surface area contributed by atoms with Gasteiger partial charge in [0.15, 0.2) is 5.76 Å². The van der Waals surface area contributed by atoms with Crippen LogP contribution in [0.2, 0.25) is 0 Å². The van der Waals surface area contributed by atoms with Crippen molar-refractivity contribution in [1.29, 1.82) is 0 Å². The monoisotopic (exact) mass is 399 g/mol. The van der Waals surface area contributed by atoms with E-state index in [1.165, 1.54) is 5.56 Å². The van der Waals surface area contributed by atoms with E-state index < -0.39 is 0 Å². The summed E-state index contributed by atoms with van der Waals surface area (Å²) < 4.78 is 5.26. The van der Waals surface area contributed by atoms with Crippen molar-refractivity contribution < 1.29 is 14.6 Å². The Morgan fingerprint density at radius 3 is 2.17 bits per heavy atom. The zero-order valence-electron chi connectivity index (χ0n) is 17.2. The first-order chi connectivity index (χ1) is 14.6. The average Bonchev–Trinajstić information content (AvgIpc) is 3.05. The number of carbonyl (C=O) groups excluding carboxylic acids is 1. The van der Waals surface area contributed by atoms with Gasteiger partial charge in [-0.05, 0) is 40.8 Å². The number of amides is 1. The molecule has 4 rings (SSSR count). The van der Waals surface area contributed by atoms with Crippen LogP contribution >= 0.6 is 0 Å². The third-order valence-corrected chi connectivity index (χ3v) is 5.60. The molecule has 4 nitrogen and oxygen atoms in total. The maximum Gasteiger partial charge on any atom is 0.290 e. The smallest absolute Gasteiger partial charge is 0.290 e. The van der Waals surface area contributed by atoms with Gasteiger partial charge in [0, 0.05) is 12.1 Å². The van der Waals surface area contributed by atoms with Crippen molar-refractivity contribution >= 4 is 11.5 Å². The number of ether oxygens (including phenoxy) is 1. The lowest BCUT2D eigenvalue weighted by Crippen LogP contribution is -2.29. The van der Waals surface area contributed by atoms with Gasteiger partial charge in [-0.2, -0.15) is 0 Å². The van der Waals surface area contributed by atoms with Crippen LogP contribution < -0.4 is 4.74 Å². The predicted octanol–water partition coefficient (Wildman–Crippen LogP) is 5.31. The molecule has 0 fully saturated rings. The number of nitrogens with zero attached hydrogens (tertiary/aromatic N) is 1. The fraction of sp³-hybridized carbons (Fsp3) is 0.192. The number of aryl methyl sites for hydroxylation is 1. The summed E-state index contributed by atoms with van der Waals surface area (Å²) in [5, 5.41) is 10.9. The van der Waals surface area contributed by atoms with Crippen LogP contribution in [0.25, 0.3) is 5.57 Å². The van der Waals surface area contributed by atoms with Crippen LogP contribution in [-0.4, -0.2) is 23.0 Å². The molecule has 152 valence electrons. The van der Waals surface area contributed by atoms with E-state index in [0.717, 1.165) is 28.9 Å². The molecule has 3 aromatic carbocycles. The Morgan fingerprint density at radius 1 is 0.900 bits per heavy atom. The molecule has 1 atom stereocenters. The fourth-order valence-electron chi connectivity index (χ4n) is 3.94. The van der Waals surface area contributed by atoms with Crippen LogP contribution in [0.15, 0.2) is 84.6 Å². The summed E-state index contributed by atoms with van der Waals surface area (Å²) in [5.74, 6) is 0.183. The molecule has 1 aliphatic heterocycles. The zero-order valence-corrected chi connectivity index (χ0v) is 17.2. The Labute approximate surface area is 177 Å². The van der Waals surface area contributed by atoms with E-state index in [9.17, 15) is 9.90 Å². The van der Waals surface area contributed by atoms with Crippen LogP contribution in [0.3, 0.4) is 0 Å². The molecule has 0 aromatic heterocycles. The molecule has 1 aliphatic rings. The molecular formula is C26H25NO3. The highest BCUT2D eigenvalue weighted by Gasteiger charge is 2.40. The lowest BCUT2D eigenvalue weighted by atomic mass is 9.92. The van der Waals surface area contributed by atoms with Crippen molar-refractivity contribution in [2.75, 3.05) is 7.11 Å². The normalized spacial score (nSPS) is 16.3. The van der Waals surface area contributed by atoms with Crippen molar-refractivity contribution in [2.24, 2.45) is 0 Å². The van der Waals surface area contributed by atoms with Gasteiger partial charge < -0.3 is 14.7 Å². The third-order valence-electron chi connectivity index (χ3n) is 5.60. The van der Waals surface area contributed by atoms with E-state index in [-0.39, 0.29) is 17.7 Å². The second-order valence-corrected chi connectivity index (χ2v) is 7.41. The number of methoxy groups -OCH3 is 1. The minimum absolute atomic E-state index is 0.194. The lowest BCUT2D eigenvalue weighted by Gasteiger charge is -2.27. The molecular weight excluding hydrogens is 374 g/mol. The van der Waals surface area contributed by atoms with Gasteiger partial charge in [-0.25, -0.2) is 0 Å². The second kappa shape index (κ2) is 8.46. The van der Waals surface area contributed by atoms with Gasteiger partial charge in [-0.15, -0.1) is 0 Å². The fourth-order valence-corrected chi connectivity index (χ4v) is 3.94. The van der Waals surface area contributed by atoms with Gasteiger partial charge in [-0.1, -0.05) is 73.7 Å². The molecule has 0 aliphatic carbocycles. The third kappa shape index (κ3) is 3.69. The molecule has 0 saturated heterocycles. The number of aliphatic hydroxyl groups is 1. The summed E-state index contributed by atoms with van der Waals surface area (Å²) in [6, 6.07) is 25.2. The number of hydrogen-bond acceptors (Lipinski definition) is 3. The Hall–Kier alpha value is -3.53. The largest absolute Gasteiger partial charge is 0.503 e. The van der Waals surface area contributed by atoms with Gasteiger partial charge in [0.25, 0.3) is 5.91 Å². The Kier molecular flexibility index (Phi) is 5.57. The Bertz CT molecular complexity index is 1050. The highest BCUT2D eigenvalue weighted by molar-refractivity contribution is 6.05. The first-order valence-electron chi connectivity index (χ1n) is 10.1. The van der Waals surface area contributed by atoms with Gasteiger partial charge in [0.1, 0.15) is 5.75 Å². The van der Waals surface area contributed by atoms with Crippen LogP contribution in [0.5, 0.6) is 5.75 Å². The van der Waals surface area contributed by atoms with E-state index in [0.29, 0.717) is 12.1 Å². The number of hydrogen-bond donors (Lipinski definition) is 1. The zero-order chi connectivity index (χ0) is 21.1. The highest BCUT2D eigenvalue weighted by Crippen LogP contribution is 2.44. The van der Waals surface area contributed by atoms with Crippen molar-refractivity contribution in [2.45, 2.75) is 25.9 Å². The van der Waals surface area contributed by atoms with E-state index in [1.54, 1.807) is 12.0 Å². The van der Waals surface area contributed by atoms with Gasteiger partial charge in [-0.3, -0.25) is 4.79 Å². The molecule has 0 saturated carbocycles. The first-order valence-corrected chi connectivity index (χ1v) is 10.1. The van der Waals surface area contributed by atoms with Gasteiger partial charge in [0.05, 0.1) is 13.2 Å². The molecule has 3 aromatic rings. The maximum absolute atomic E-state index is 13.1. The van der Waals surface area contributed by atoms with E-state index >= 15 is 0 Å². The minimum atomic E-state index is -0.364. The Morgan fingerprint density at radius 2 is 1.57 bits per heavy atom.